The largest absolute Gasteiger partial charge is 0.383 e. The third-order valence-electron chi connectivity index (χ3n) is 4.05. The van der Waals surface area contributed by atoms with Crippen LogP contribution in [0.4, 0.5) is 8.78 Å². The number of hydrogen-bond donors (Lipinski definition) is 2. The Labute approximate surface area is 134 Å². The number of nitrogens with zero attached hydrogens (tertiary/aromatic N) is 1. The Bertz CT molecular complexity index is 536. The van der Waals surface area contributed by atoms with Crippen molar-refractivity contribution in [1.29, 1.82) is 0 Å². The van der Waals surface area contributed by atoms with Crippen molar-refractivity contribution in [2.24, 2.45) is 0 Å². The number of amides is 1. The summed E-state index contributed by atoms with van der Waals surface area (Å²) < 4.78 is 32.1. The highest BCUT2D eigenvalue weighted by atomic mass is 19.1. The van der Waals surface area contributed by atoms with Gasteiger partial charge in [-0.3, -0.25) is 4.79 Å². The number of ether oxygens (including phenoxy) is 1. The lowest BCUT2D eigenvalue weighted by molar-refractivity contribution is -0.157. The van der Waals surface area contributed by atoms with Gasteiger partial charge < -0.3 is 20.1 Å². The molecule has 2 N–H and O–H groups in total. The molecule has 0 unspecified atom stereocenters. The number of aliphatic hydroxyl groups is 1. The molecule has 1 aliphatic heterocycles. The van der Waals surface area contributed by atoms with Gasteiger partial charge in [0.2, 0.25) is 0 Å². The van der Waals surface area contributed by atoms with E-state index in [1.54, 1.807) is 12.0 Å². The highest BCUT2D eigenvalue weighted by Gasteiger charge is 2.41. The van der Waals surface area contributed by atoms with Crippen molar-refractivity contribution < 1.29 is 23.4 Å². The van der Waals surface area contributed by atoms with Crippen LogP contribution in [0.3, 0.4) is 0 Å². The quantitative estimate of drug-likeness (QED) is 0.786. The lowest BCUT2D eigenvalue weighted by Crippen LogP contribution is -2.58. The first kappa shape index (κ1) is 17.8. The van der Waals surface area contributed by atoms with Crippen molar-refractivity contribution in [1.82, 2.24) is 10.2 Å². The van der Waals surface area contributed by atoms with Crippen LogP contribution in [0.5, 0.6) is 0 Å². The van der Waals surface area contributed by atoms with Gasteiger partial charge in [0.25, 0.3) is 5.91 Å². The van der Waals surface area contributed by atoms with Crippen LogP contribution in [-0.4, -0.2) is 54.9 Å². The summed E-state index contributed by atoms with van der Waals surface area (Å²) in [6, 6.07) is 3.64. The molecule has 0 aliphatic carbocycles. The van der Waals surface area contributed by atoms with Gasteiger partial charge in [0.1, 0.15) is 11.6 Å². The van der Waals surface area contributed by atoms with E-state index >= 15 is 0 Å². The molecule has 5 nitrogen and oxygen atoms in total. The zero-order valence-corrected chi connectivity index (χ0v) is 13.1. The first-order valence-corrected chi connectivity index (χ1v) is 7.62. The normalized spacial score (nSPS) is 21.7. The maximum Gasteiger partial charge on any atom is 0.255 e. The number of nitrogens with one attached hydrogen (secondary N) is 1. The number of rotatable bonds is 7. The number of carbonyl (C=O) groups is 1. The molecule has 0 spiro atoms. The molecule has 1 aromatic rings. The van der Waals surface area contributed by atoms with E-state index < -0.39 is 17.2 Å². The topological polar surface area (TPSA) is 61.8 Å². The van der Waals surface area contributed by atoms with Gasteiger partial charge >= 0.3 is 0 Å². The molecule has 0 saturated carbocycles. The summed E-state index contributed by atoms with van der Waals surface area (Å²) >= 11 is 0. The monoisotopic (exact) mass is 328 g/mol. The number of hydrogen-bond acceptors (Lipinski definition) is 4. The molecule has 7 heteroatoms. The van der Waals surface area contributed by atoms with E-state index in [0.29, 0.717) is 32.5 Å². The lowest BCUT2D eigenvalue weighted by atomic mass is 9.91. The SMILES string of the molecule is COCCN1CCC[C@@](O)(CNCc2c(F)cccc2F)C1=O. The smallest absolute Gasteiger partial charge is 0.255 e. The van der Waals surface area contributed by atoms with Crippen LogP contribution in [0.25, 0.3) is 0 Å². The van der Waals surface area contributed by atoms with E-state index in [9.17, 15) is 18.7 Å². The molecule has 1 heterocycles. The minimum Gasteiger partial charge on any atom is -0.383 e. The summed E-state index contributed by atoms with van der Waals surface area (Å²) in [5.41, 5.74) is -1.65. The van der Waals surface area contributed by atoms with Crippen molar-refractivity contribution in [3.63, 3.8) is 0 Å². The number of likely N-dealkylation sites (tertiary alicyclic amines) is 1. The summed E-state index contributed by atoms with van der Waals surface area (Å²) in [4.78, 5) is 13.9. The van der Waals surface area contributed by atoms with Crippen LogP contribution in [0.2, 0.25) is 0 Å². The summed E-state index contributed by atoms with van der Waals surface area (Å²) in [5.74, 6) is -1.68. The third-order valence-corrected chi connectivity index (χ3v) is 4.05. The molecule has 1 aliphatic rings. The summed E-state index contributed by atoms with van der Waals surface area (Å²) in [6.45, 7) is 1.25. The molecule has 1 amide bonds. The van der Waals surface area contributed by atoms with Gasteiger partial charge in [0.05, 0.1) is 6.61 Å². The molecule has 1 fully saturated rings. The first-order valence-electron chi connectivity index (χ1n) is 7.62. The zero-order chi connectivity index (χ0) is 16.9. The second-order valence-electron chi connectivity index (χ2n) is 5.72. The Balaban J connectivity index is 1.94. The minimum atomic E-state index is -1.55. The van der Waals surface area contributed by atoms with Crippen LogP contribution in [0.1, 0.15) is 18.4 Å². The molecule has 0 radical (unpaired) electrons. The van der Waals surface area contributed by atoms with E-state index in [-0.39, 0.29) is 24.6 Å². The summed E-state index contributed by atoms with van der Waals surface area (Å²) in [5, 5.41) is 13.3. The van der Waals surface area contributed by atoms with E-state index in [2.05, 4.69) is 5.32 Å². The number of benzene rings is 1. The van der Waals surface area contributed by atoms with Crippen molar-refractivity contribution in [2.45, 2.75) is 25.0 Å². The Morgan fingerprint density at radius 2 is 2.09 bits per heavy atom. The molecular formula is C16H22F2N2O3. The lowest BCUT2D eigenvalue weighted by Gasteiger charge is -2.38. The van der Waals surface area contributed by atoms with Gasteiger partial charge in [-0.25, -0.2) is 8.78 Å². The average Bonchev–Trinajstić information content (AvgIpc) is 2.52. The maximum absolute atomic E-state index is 13.6. The molecule has 23 heavy (non-hydrogen) atoms. The molecule has 2 rings (SSSR count). The van der Waals surface area contributed by atoms with Crippen molar-refractivity contribution in [3.05, 3.63) is 35.4 Å². The highest BCUT2D eigenvalue weighted by molar-refractivity contribution is 5.86. The van der Waals surface area contributed by atoms with E-state index in [0.717, 1.165) is 0 Å². The Morgan fingerprint density at radius 3 is 2.74 bits per heavy atom. The number of carbonyl (C=O) groups excluding carboxylic acids is 1. The van der Waals surface area contributed by atoms with E-state index in [1.807, 2.05) is 0 Å². The van der Waals surface area contributed by atoms with Crippen molar-refractivity contribution in [2.75, 3.05) is 33.4 Å². The third kappa shape index (κ3) is 4.25. The van der Waals surface area contributed by atoms with Gasteiger partial charge in [-0.2, -0.15) is 0 Å². The minimum absolute atomic E-state index is 0.0525. The van der Waals surface area contributed by atoms with Gasteiger partial charge in [-0.1, -0.05) is 6.07 Å². The van der Waals surface area contributed by atoms with Gasteiger partial charge in [-0.15, -0.1) is 0 Å². The molecule has 0 bridgehead atoms. The molecule has 1 atom stereocenters. The summed E-state index contributed by atoms with van der Waals surface area (Å²) in [6.07, 6.45) is 0.990. The van der Waals surface area contributed by atoms with Crippen LogP contribution in [-0.2, 0) is 16.1 Å². The molecule has 1 aromatic carbocycles. The fourth-order valence-corrected chi connectivity index (χ4v) is 2.74. The van der Waals surface area contributed by atoms with Crippen molar-refractivity contribution in [3.8, 4) is 0 Å². The second kappa shape index (κ2) is 7.81. The molecule has 1 saturated heterocycles. The maximum atomic E-state index is 13.6. The Kier molecular flexibility index (Phi) is 6.04. The van der Waals surface area contributed by atoms with Gasteiger partial charge in [0.15, 0.2) is 5.60 Å². The summed E-state index contributed by atoms with van der Waals surface area (Å²) in [7, 11) is 1.55. The van der Waals surface area contributed by atoms with E-state index in [4.69, 9.17) is 4.74 Å². The van der Waals surface area contributed by atoms with Crippen LogP contribution in [0.15, 0.2) is 18.2 Å². The predicted octanol–water partition coefficient (Wildman–Crippen LogP) is 1.05. The second-order valence-corrected chi connectivity index (χ2v) is 5.72. The fraction of sp³-hybridized carbons (Fsp3) is 0.562. The Hall–Kier alpha value is -1.57. The number of piperidine rings is 1. The van der Waals surface area contributed by atoms with Crippen molar-refractivity contribution >= 4 is 5.91 Å². The Morgan fingerprint density at radius 1 is 1.39 bits per heavy atom. The van der Waals surface area contributed by atoms with E-state index in [1.165, 1.54) is 18.2 Å². The average molecular weight is 328 g/mol. The van der Waals surface area contributed by atoms with Crippen LogP contribution in [0, 0.1) is 11.6 Å². The predicted molar refractivity (Wildman–Crippen MR) is 80.7 cm³/mol. The standard InChI is InChI=1S/C16H22F2N2O3/c1-23-9-8-20-7-3-6-16(22,15(20)21)11-19-10-12-13(17)4-2-5-14(12)18/h2,4-5,19,22H,3,6-11H2,1H3/t16-/m1/s1. The molecule has 0 aromatic heterocycles. The highest BCUT2D eigenvalue weighted by Crippen LogP contribution is 2.22. The fourth-order valence-electron chi connectivity index (χ4n) is 2.74. The zero-order valence-electron chi connectivity index (χ0n) is 13.1. The molecular weight excluding hydrogens is 306 g/mol. The van der Waals surface area contributed by atoms with Crippen LogP contribution >= 0.6 is 0 Å². The first-order chi connectivity index (χ1) is 11.0. The van der Waals surface area contributed by atoms with Gasteiger partial charge in [-0.05, 0) is 25.0 Å². The van der Waals surface area contributed by atoms with Gasteiger partial charge in [0, 0.05) is 38.9 Å². The number of methoxy groups -OCH3 is 1. The van der Waals surface area contributed by atoms with Crippen LogP contribution < -0.4 is 5.32 Å². The molecule has 128 valence electrons. The number of halogens is 2.